The predicted octanol–water partition coefficient (Wildman–Crippen LogP) is 4.85. The van der Waals surface area contributed by atoms with Crippen LogP contribution in [0.2, 0.25) is 5.02 Å². The summed E-state index contributed by atoms with van der Waals surface area (Å²) in [6, 6.07) is 17.8. The van der Waals surface area contributed by atoms with E-state index in [1.807, 2.05) is 31.1 Å². The van der Waals surface area contributed by atoms with Gasteiger partial charge < -0.3 is 24.6 Å². The zero-order chi connectivity index (χ0) is 27.4. The Balaban J connectivity index is 1.74. The van der Waals surface area contributed by atoms with Crippen molar-refractivity contribution in [3.63, 3.8) is 0 Å². The van der Waals surface area contributed by atoms with Crippen molar-refractivity contribution in [2.24, 2.45) is 4.99 Å². The lowest BCUT2D eigenvalue weighted by Gasteiger charge is -2.19. The van der Waals surface area contributed by atoms with Gasteiger partial charge in [0.05, 0.1) is 25.6 Å². The van der Waals surface area contributed by atoms with Crippen LogP contribution in [0.1, 0.15) is 27.4 Å². The molecule has 1 aliphatic heterocycles. The van der Waals surface area contributed by atoms with Crippen LogP contribution in [0.4, 0.5) is 11.4 Å². The van der Waals surface area contributed by atoms with Gasteiger partial charge in [-0.25, -0.2) is 0 Å². The third-order valence-corrected chi connectivity index (χ3v) is 6.63. The summed E-state index contributed by atoms with van der Waals surface area (Å²) >= 11 is 6.17. The summed E-state index contributed by atoms with van der Waals surface area (Å²) in [5.41, 5.74) is 3.85. The molecule has 2 amide bonds. The van der Waals surface area contributed by atoms with Crippen molar-refractivity contribution in [2.75, 3.05) is 53.8 Å². The topological polar surface area (TPSA) is 83.5 Å². The fourth-order valence-corrected chi connectivity index (χ4v) is 4.46. The first kappa shape index (κ1) is 27.2. The van der Waals surface area contributed by atoms with Crippen molar-refractivity contribution in [1.82, 2.24) is 9.80 Å². The molecule has 0 fully saturated rings. The van der Waals surface area contributed by atoms with E-state index in [4.69, 9.17) is 26.1 Å². The van der Waals surface area contributed by atoms with E-state index >= 15 is 0 Å². The smallest absolute Gasteiger partial charge is 0.253 e. The highest BCUT2D eigenvalue weighted by molar-refractivity contribution is 6.31. The average molecular weight is 535 g/mol. The van der Waals surface area contributed by atoms with Gasteiger partial charge in [-0.3, -0.25) is 14.6 Å². The fourth-order valence-electron chi connectivity index (χ4n) is 4.29. The summed E-state index contributed by atoms with van der Waals surface area (Å²) in [7, 11) is 8.86. The zero-order valence-electron chi connectivity index (χ0n) is 22.1. The van der Waals surface area contributed by atoms with Gasteiger partial charge >= 0.3 is 0 Å². The van der Waals surface area contributed by atoms with Gasteiger partial charge in [-0.05, 0) is 74.3 Å². The van der Waals surface area contributed by atoms with E-state index in [1.54, 1.807) is 74.7 Å². The molecule has 1 atom stereocenters. The highest BCUT2D eigenvalue weighted by atomic mass is 35.5. The first-order valence-electron chi connectivity index (χ1n) is 12.1. The van der Waals surface area contributed by atoms with Gasteiger partial charge in [0.1, 0.15) is 5.92 Å². The Kier molecular flexibility index (Phi) is 8.34. The number of amides is 2. The van der Waals surface area contributed by atoms with Gasteiger partial charge in [0.2, 0.25) is 5.91 Å². The van der Waals surface area contributed by atoms with Gasteiger partial charge in [0.25, 0.3) is 5.91 Å². The number of carbonyl (C=O) groups excluding carboxylic acids is 2. The Morgan fingerprint density at radius 1 is 0.921 bits per heavy atom. The van der Waals surface area contributed by atoms with E-state index in [0.717, 1.165) is 12.1 Å². The number of fused-ring (bicyclic) bond motifs is 1. The van der Waals surface area contributed by atoms with Crippen LogP contribution in [-0.2, 0) is 4.79 Å². The molecule has 38 heavy (non-hydrogen) atoms. The normalized spacial score (nSPS) is 14.8. The number of benzene rings is 3. The van der Waals surface area contributed by atoms with Gasteiger partial charge in [-0.15, -0.1) is 0 Å². The lowest BCUT2D eigenvalue weighted by Crippen LogP contribution is -2.33. The maximum atomic E-state index is 13.2. The molecular weight excluding hydrogens is 504 g/mol. The van der Waals surface area contributed by atoms with Crippen molar-refractivity contribution >= 4 is 40.5 Å². The molecule has 3 aromatic rings. The number of methoxy groups -OCH3 is 2. The van der Waals surface area contributed by atoms with Crippen molar-refractivity contribution in [3.05, 3.63) is 82.4 Å². The quantitative estimate of drug-likeness (QED) is 0.397. The maximum absolute atomic E-state index is 13.2. The van der Waals surface area contributed by atoms with Gasteiger partial charge in [-0.2, -0.15) is 0 Å². The molecule has 0 bridgehead atoms. The Bertz CT molecular complexity index is 1370. The molecule has 3 aromatic carbocycles. The fraction of sp³-hybridized carbons (Fsp3) is 0.276. The van der Waals surface area contributed by atoms with Crippen molar-refractivity contribution in [1.29, 1.82) is 0 Å². The average Bonchev–Trinajstić information content (AvgIpc) is 3.24. The van der Waals surface area contributed by atoms with Gasteiger partial charge in [0.15, 0.2) is 11.5 Å². The molecule has 0 saturated heterocycles. The van der Waals surface area contributed by atoms with E-state index in [1.165, 1.54) is 0 Å². The number of nitrogens with zero attached hydrogens (tertiary/aromatic N) is 3. The molecule has 0 spiro atoms. The van der Waals surface area contributed by atoms with Crippen LogP contribution in [0, 0.1) is 0 Å². The van der Waals surface area contributed by atoms with Crippen molar-refractivity contribution < 1.29 is 19.1 Å². The number of rotatable bonds is 9. The molecule has 1 N–H and O–H groups in total. The van der Waals surface area contributed by atoms with E-state index < -0.39 is 5.92 Å². The molecule has 1 aliphatic rings. The third-order valence-electron chi connectivity index (χ3n) is 6.39. The Hall–Kier alpha value is -3.88. The molecule has 0 radical (unpaired) electrons. The van der Waals surface area contributed by atoms with Gasteiger partial charge in [0, 0.05) is 42.0 Å². The Morgan fingerprint density at radius 2 is 1.61 bits per heavy atom. The van der Waals surface area contributed by atoms with Crippen molar-refractivity contribution in [2.45, 2.75) is 5.92 Å². The summed E-state index contributed by atoms with van der Waals surface area (Å²) in [5.74, 6) is 0.154. The monoisotopic (exact) mass is 534 g/mol. The number of halogens is 1. The number of carbonyl (C=O) groups is 2. The van der Waals surface area contributed by atoms with Crippen LogP contribution in [0.3, 0.4) is 0 Å². The number of likely N-dealkylation sites (N-methyl/N-ethyl adjacent to an activating group) is 2. The SMILES string of the molecule is COc1ccc(C(=Nc2ccc(C(=O)N(C)CCN(C)C)cc2)C2C(=O)Nc3cc(Cl)ccc32)cc1OC. The number of anilines is 1. The van der Waals surface area contributed by atoms with Crippen LogP contribution in [-0.4, -0.2) is 75.8 Å². The molecule has 0 aliphatic carbocycles. The van der Waals surface area contributed by atoms with Gasteiger partial charge in [-0.1, -0.05) is 17.7 Å². The maximum Gasteiger partial charge on any atom is 0.253 e. The summed E-state index contributed by atoms with van der Waals surface area (Å²) in [6.07, 6.45) is 0. The number of hydrogen-bond donors (Lipinski definition) is 1. The summed E-state index contributed by atoms with van der Waals surface area (Å²) in [5, 5.41) is 3.45. The molecule has 9 heteroatoms. The molecular formula is C29H31ClN4O4. The third kappa shape index (κ3) is 5.82. The largest absolute Gasteiger partial charge is 0.493 e. The van der Waals surface area contributed by atoms with E-state index in [-0.39, 0.29) is 11.8 Å². The minimum Gasteiger partial charge on any atom is -0.493 e. The molecule has 198 valence electrons. The number of aliphatic imine (C=N–C) groups is 1. The molecule has 0 saturated carbocycles. The second kappa shape index (κ2) is 11.7. The second-order valence-electron chi connectivity index (χ2n) is 9.30. The second-order valence-corrected chi connectivity index (χ2v) is 9.73. The molecule has 1 unspecified atom stereocenters. The molecule has 0 aromatic heterocycles. The van der Waals surface area contributed by atoms with E-state index in [0.29, 0.717) is 51.3 Å². The van der Waals surface area contributed by atoms with Crippen LogP contribution in [0.5, 0.6) is 11.5 Å². The summed E-state index contributed by atoms with van der Waals surface area (Å²) in [4.78, 5) is 34.7. The lowest BCUT2D eigenvalue weighted by molar-refractivity contribution is -0.115. The minimum absolute atomic E-state index is 0.0662. The molecule has 8 nitrogen and oxygen atoms in total. The molecule has 4 rings (SSSR count). The summed E-state index contributed by atoms with van der Waals surface area (Å²) < 4.78 is 10.9. The first-order valence-corrected chi connectivity index (χ1v) is 12.5. The Morgan fingerprint density at radius 3 is 2.26 bits per heavy atom. The first-order chi connectivity index (χ1) is 18.2. The standard InChI is InChI=1S/C29H31ClN4O4/c1-33(2)14-15-34(3)29(36)18-6-10-21(11-7-18)31-27(19-8-13-24(37-4)25(16-19)38-5)26-22-12-9-20(30)17-23(22)32-28(26)35/h6-13,16-17,26H,14-15H2,1-5H3,(H,32,35). The number of nitrogens with one attached hydrogen (secondary N) is 1. The Labute approximate surface area is 227 Å². The van der Waals surface area contributed by atoms with Crippen molar-refractivity contribution in [3.8, 4) is 11.5 Å². The lowest BCUT2D eigenvalue weighted by atomic mass is 9.90. The zero-order valence-corrected chi connectivity index (χ0v) is 22.9. The van der Waals surface area contributed by atoms with E-state index in [2.05, 4.69) is 5.32 Å². The van der Waals surface area contributed by atoms with Crippen LogP contribution >= 0.6 is 11.6 Å². The van der Waals surface area contributed by atoms with E-state index in [9.17, 15) is 9.59 Å². The highest BCUT2D eigenvalue weighted by Gasteiger charge is 2.36. The highest BCUT2D eigenvalue weighted by Crippen LogP contribution is 2.39. The number of hydrogen-bond acceptors (Lipinski definition) is 6. The van der Waals surface area contributed by atoms with Crippen LogP contribution in [0.25, 0.3) is 0 Å². The van der Waals surface area contributed by atoms with Crippen LogP contribution in [0.15, 0.2) is 65.7 Å². The number of ether oxygens (including phenoxy) is 2. The summed E-state index contributed by atoms with van der Waals surface area (Å²) in [6.45, 7) is 1.39. The van der Waals surface area contributed by atoms with Crippen LogP contribution < -0.4 is 14.8 Å². The molecule has 1 heterocycles. The predicted molar refractivity (Wildman–Crippen MR) is 151 cm³/mol. The minimum atomic E-state index is -0.668.